The highest BCUT2D eigenvalue weighted by atomic mass is 16.6. The first-order chi connectivity index (χ1) is 12.9. The molecule has 8 nitrogen and oxygen atoms in total. The first-order valence-corrected chi connectivity index (χ1v) is 10.0. The lowest BCUT2D eigenvalue weighted by molar-refractivity contribution is -0.144. The van der Waals surface area contributed by atoms with Crippen molar-refractivity contribution in [1.29, 1.82) is 0 Å². The summed E-state index contributed by atoms with van der Waals surface area (Å²) in [5, 5.41) is 5.54. The van der Waals surface area contributed by atoms with E-state index < -0.39 is 29.8 Å². The second kappa shape index (κ2) is 10.6. The Morgan fingerprint density at radius 2 is 1.89 bits per heavy atom. The summed E-state index contributed by atoms with van der Waals surface area (Å²) in [4.78, 5) is 36.3. The molecule has 0 radical (unpaired) electrons. The molecule has 1 aliphatic rings. The van der Waals surface area contributed by atoms with Crippen LogP contribution < -0.4 is 10.6 Å². The topological polar surface area (TPSA) is 103 Å². The number of amides is 2. The van der Waals surface area contributed by atoms with Crippen molar-refractivity contribution in [2.24, 2.45) is 11.8 Å². The van der Waals surface area contributed by atoms with Crippen molar-refractivity contribution >= 4 is 18.0 Å². The molecule has 1 rings (SSSR count). The molecule has 4 atom stereocenters. The summed E-state index contributed by atoms with van der Waals surface area (Å²) >= 11 is 0. The van der Waals surface area contributed by atoms with Gasteiger partial charge in [-0.3, -0.25) is 4.79 Å². The van der Waals surface area contributed by atoms with Crippen LogP contribution in [0.1, 0.15) is 61.3 Å². The SMILES string of the molecule is CC[C@H](C)C(COC(C(=O)N[C@H]1CCOC1=O)C(C)C)NC(=O)OC(C)(C)C. The number of esters is 1. The van der Waals surface area contributed by atoms with Gasteiger partial charge in [0.15, 0.2) is 0 Å². The van der Waals surface area contributed by atoms with Gasteiger partial charge in [-0.25, -0.2) is 9.59 Å². The number of rotatable bonds is 9. The third kappa shape index (κ3) is 8.04. The minimum absolute atomic E-state index is 0.100. The van der Waals surface area contributed by atoms with E-state index in [1.165, 1.54) is 0 Å². The number of alkyl carbamates (subject to hydrolysis) is 1. The van der Waals surface area contributed by atoms with Gasteiger partial charge in [-0.15, -0.1) is 0 Å². The first kappa shape index (κ1) is 24.2. The van der Waals surface area contributed by atoms with E-state index in [4.69, 9.17) is 14.2 Å². The number of hydrogen-bond acceptors (Lipinski definition) is 6. The molecule has 1 heterocycles. The molecule has 8 heteroatoms. The van der Waals surface area contributed by atoms with E-state index in [1.54, 1.807) is 20.8 Å². The second-order valence-corrected chi connectivity index (χ2v) is 8.65. The molecule has 0 saturated carbocycles. The van der Waals surface area contributed by atoms with E-state index in [-0.39, 0.29) is 30.4 Å². The number of hydrogen-bond donors (Lipinski definition) is 2. The molecule has 2 N–H and O–H groups in total. The Bertz CT molecular complexity index is 543. The van der Waals surface area contributed by atoms with Crippen LogP contribution in [0, 0.1) is 11.8 Å². The van der Waals surface area contributed by atoms with Crippen LogP contribution in [0.2, 0.25) is 0 Å². The quantitative estimate of drug-likeness (QED) is 0.576. The maximum Gasteiger partial charge on any atom is 0.407 e. The highest BCUT2D eigenvalue weighted by molar-refractivity contribution is 5.87. The summed E-state index contributed by atoms with van der Waals surface area (Å²) in [6.45, 7) is 13.6. The van der Waals surface area contributed by atoms with Crippen LogP contribution in [-0.4, -0.2) is 55.0 Å². The molecule has 0 aromatic heterocycles. The monoisotopic (exact) mass is 400 g/mol. The molecular formula is C20H36N2O6. The lowest BCUT2D eigenvalue weighted by Crippen LogP contribution is -2.49. The van der Waals surface area contributed by atoms with Crippen LogP contribution in [0.4, 0.5) is 4.79 Å². The van der Waals surface area contributed by atoms with Gasteiger partial charge in [-0.1, -0.05) is 34.1 Å². The van der Waals surface area contributed by atoms with E-state index in [1.807, 2.05) is 27.7 Å². The minimum atomic E-state index is -0.736. The van der Waals surface area contributed by atoms with Crippen molar-refractivity contribution in [3.8, 4) is 0 Å². The maximum atomic E-state index is 12.6. The summed E-state index contributed by atoms with van der Waals surface area (Å²) in [6.07, 6.45) is 0.0440. The molecule has 1 fully saturated rings. The van der Waals surface area contributed by atoms with Gasteiger partial charge < -0.3 is 24.8 Å². The van der Waals surface area contributed by atoms with Crippen LogP contribution in [-0.2, 0) is 23.8 Å². The average molecular weight is 401 g/mol. The van der Waals surface area contributed by atoms with Gasteiger partial charge in [0.2, 0.25) is 5.91 Å². The van der Waals surface area contributed by atoms with Gasteiger partial charge >= 0.3 is 12.1 Å². The molecule has 0 aliphatic carbocycles. The Labute approximate surface area is 168 Å². The van der Waals surface area contributed by atoms with Crippen LogP contribution in [0.15, 0.2) is 0 Å². The van der Waals surface area contributed by atoms with E-state index >= 15 is 0 Å². The summed E-state index contributed by atoms with van der Waals surface area (Å²) in [5.41, 5.74) is -0.596. The van der Waals surface area contributed by atoms with E-state index in [0.29, 0.717) is 13.0 Å². The molecule has 2 amide bonds. The largest absolute Gasteiger partial charge is 0.464 e. The molecule has 28 heavy (non-hydrogen) atoms. The predicted octanol–water partition coefficient (Wildman–Crippen LogP) is 2.40. The number of ether oxygens (including phenoxy) is 3. The van der Waals surface area contributed by atoms with Crippen molar-refractivity contribution in [3.63, 3.8) is 0 Å². The molecule has 2 unspecified atom stereocenters. The van der Waals surface area contributed by atoms with Crippen LogP contribution in [0.5, 0.6) is 0 Å². The summed E-state index contributed by atoms with van der Waals surface area (Å²) in [5.74, 6) is -0.733. The van der Waals surface area contributed by atoms with E-state index in [0.717, 1.165) is 6.42 Å². The fourth-order valence-corrected chi connectivity index (χ4v) is 2.75. The lowest BCUT2D eigenvalue weighted by atomic mass is 9.99. The third-order valence-corrected chi connectivity index (χ3v) is 4.60. The van der Waals surface area contributed by atoms with Gasteiger partial charge in [0, 0.05) is 6.42 Å². The van der Waals surface area contributed by atoms with Crippen LogP contribution in [0.25, 0.3) is 0 Å². The summed E-state index contributed by atoms with van der Waals surface area (Å²) < 4.78 is 16.1. The molecular weight excluding hydrogens is 364 g/mol. The van der Waals surface area contributed by atoms with Crippen molar-refractivity contribution in [2.75, 3.05) is 13.2 Å². The van der Waals surface area contributed by atoms with E-state index in [9.17, 15) is 14.4 Å². The average Bonchev–Trinajstić information content (AvgIpc) is 2.96. The Hall–Kier alpha value is -1.83. The van der Waals surface area contributed by atoms with E-state index in [2.05, 4.69) is 10.6 Å². The van der Waals surface area contributed by atoms with Gasteiger partial charge in [0.05, 0.1) is 19.3 Å². The van der Waals surface area contributed by atoms with Crippen molar-refractivity contribution in [1.82, 2.24) is 10.6 Å². The number of carbonyl (C=O) groups is 3. The fraction of sp³-hybridized carbons (Fsp3) is 0.850. The molecule has 0 bridgehead atoms. The van der Waals surface area contributed by atoms with Gasteiger partial charge in [0.25, 0.3) is 0 Å². The van der Waals surface area contributed by atoms with Crippen LogP contribution in [0.3, 0.4) is 0 Å². The van der Waals surface area contributed by atoms with Gasteiger partial charge in [-0.05, 0) is 32.6 Å². The second-order valence-electron chi connectivity index (χ2n) is 8.65. The molecule has 0 aromatic carbocycles. The molecule has 0 spiro atoms. The zero-order valence-corrected chi connectivity index (χ0v) is 18.2. The number of carbonyl (C=O) groups excluding carboxylic acids is 3. The number of nitrogens with one attached hydrogen (secondary N) is 2. The first-order valence-electron chi connectivity index (χ1n) is 10.0. The fourth-order valence-electron chi connectivity index (χ4n) is 2.75. The Kier molecular flexibility index (Phi) is 9.20. The molecule has 0 aromatic rings. The number of cyclic esters (lactones) is 1. The van der Waals surface area contributed by atoms with Crippen molar-refractivity contribution in [3.05, 3.63) is 0 Å². The molecule has 1 aliphatic heterocycles. The standard InChI is InChI=1S/C20H36N2O6/c1-8-13(4)15(22-19(25)28-20(5,6)7)11-27-16(12(2)3)17(23)21-14-9-10-26-18(14)24/h12-16H,8-11H2,1-7H3,(H,21,23)(H,22,25)/t13-,14-,15?,16?/m0/s1. The Balaban J connectivity index is 2.70. The zero-order chi connectivity index (χ0) is 21.5. The molecule has 162 valence electrons. The summed E-state index contributed by atoms with van der Waals surface area (Å²) in [6, 6.07) is -0.923. The highest BCUT2D eigenvalue weighted by Gasteiger charge is 2.33. The lowest BCUT2D eigenvalue weighted by Gasteiger charge is -2.29. The van der Waals surface area contributed by atoms with Gasteiger partial charge in [-0.2, -0.15) is 0 Å². The summed E-state index contributed by atoms with van der Waals surface area (Å²) in [7, 11) is 0. The minimum Gasteiger partial charge on any atom is -0.464 e. The highest BCUT2D eigenvalue weighted by Crippen LogP contribution is 2.15. The van der Waals surface area contributed by atoms with Crippen LogP contribution >= 0.6 is 0 Å². The molecule has 1 saturated heterocycles. The van der Waals surface area contributed by atoms with Crippen molar-refractivity contribution in [2.45, 2.75) is 85.1 Å². The Morgan fingerprint density at radius 1 is 1.25 bits per heavy atom. The predicted molar refractivity (Wildman–Crippen MR) is 105 cm³/mol. The smallest absolute Gasteiger partial charge is 0.407 e. The van der Waals surface area contributed by atoms with Crippen molar-refractivity contribution < 1.29 is 28.6 Å². The Morgan fingerprint density at radius 3 is 2.36 bits per heavy atom. The van der Waals surface area contributed by atoms with Gasteiger partial charge in [0.1, 0.15) is 17.7 Å². The third-order valence-electron chi connectivity index (χ3n) is 4.60. The zero-order valence-electron chi connectivity index (χ0n) is 18.2. The normalized spacial score (nSPS) is 20.3. The maximum absolute atomic E-state index is 12.6.